The molecule has 0 aromatic heterocycles. The van der Waals surface area contributed by atoms with Gasteiger partial charge in [0.2, 0.25) is 5.91 Å². The average molecular weight is 344 g/mol. The van der Waals surface area contributed by atoms with E-state index in [4.69, 9.17) is 21.1 Å². The van der Waals surface area contributed by atoms with Crippen molar-refractivity contribution in [2.45, 2.75) is 49.6 Å². The summed E-state index contributed by atoms with van der Waals surface area (Å²) in [4.78, 5) is 10.5. The van der Waals surface area contributed by atoms with Gasteiger partial charge in [0, 0.05) is 6.04 Å². The van der Waals surface area contributed by atoms with Crippen LogP contribution in [-0.2, 0) is 14.9 Å². The molecule has 1 saturated carbocycles. The first-order valence-corrected chi connectivity index (χ1v) is 8.82. The maximum Gasteiger partial charge on any atom is 0.294 e. The molecule has 0 bridgehead atoms. The molecule has 1 aromatic rings. The maximum absolute atomic E-state index is 10.5. The van der Waals surface area contributed by atoms with Gasteiger partial charge in [-0.15, -0.1) is 0 Å². The number of hydrogen-bond acceptors (Lipinski definition) is 5. The van der Waals surface area contributed by atoms with Gasteiger partial charge in [-0.3, -0.25) is 9.35 Å². The Hall–Kier alpha value is -1.48. The predicted molar refractivity (Wildman–Crippen MR) is 86.1 cm³/mol. The van der Waals surface area contributed by atoms with Crippen molar-refractivity contribution in [1.29, 1.82) is 0 Å². The molecule has 1 aliphatic carbocycles. The van der Waals surface area contributed by atoms with Crippen LogP contribution < -0.4 is 11.5 Å². The van der Waals surface area contributed by atoms with Crippen molar-refractivity contribution in [3.05, 3.63) is 29.8 Å². The van der Waals surface area contributed by atoms with Crippen LogP contribution in [0.25, 0.3) is 0 Å². The molecule has 0 radical (unpaired) electrons. The van der Waals surface area contributed by atoms with Crippen molar-refractivity contribution in [2.75, 3.05) is 0 Å². The van der Waals surface area contributed by atoms with E-state index in [0.717, 1.165) is 5.56 Å². The van der Waals surface area contributed by atoms with Gasteiger partial charge in [-0.25, -0.2) is 0 Å². The zero-order valence-corrected chi connectivity index (χ0v) is 13.9. The third kappa shape index (κ3) is 6.66. The van der Waals surface area contributed by atoms with E-state index in [1.54, 1.807) is 12.1 Å². The topological polar surface area (TPSA) is 144 Å². The molecule has 23 heavy (non-hydrogen) atoms. The molecule has 0 heterocycles. The normalized spacial score (nSPS) is 17.4. The van der Waals surface area contributed by atoms with Crippen molar-refractivity contribution >= 4 is 16.0 Å². The van der Waals surface area contributed by atoms with E-state index < -0.39 is 28.2 Å². The van der Waals surface area contributed by atoms with Crippen LogP contribution >= 0.6 is 0 Å². The minimum absolute atomic E-state index is 0.0666. The van der Waals surface area contributed by atoms with Crippen molar-refractivity contribution in [3.63, 3.8) is 0 Å². The smallest absolute Gasteiger partial charge is 0.294 e. The lowest BCUT2D eigenvalue weighted by Crippen LogP contribution is -2.45. The Labute approximate surface area is 136 Å². The number of aliphatic hydroxyl groups is 1. The lowest BCUT2D eigenvalue weighted by molar-refractivity contribution is -0.127. The van der Waals surface area contributed by atoms with E-state index in [1.807, 2.05) is 6.92 Å². The van der Waals surface area contributed by atoms with Gasteiger partial charge in [-0.1, -0.05) is 37.0 Å². The number of amides is 1. The van der Waals surface area contributed by atoms with Crippen molar-refractivity contribution in [1.82, 2.24) is 0 Å². The second kappa shape index (κ2) is 8.39. The first-order valence-electron chi connectivity index (χ1n) is 7.38. The van der Waals surface area contributed by atoms with E-state index in [2.05, 4.69) is 0 Å². The number of primary amides is 1. The summed E-state index contributed by atoms with van der Waals surface area (Å²) in [5.74, 6) is -0.129. The largest absolute Gasteiger partial charge is 0.382 e. The van der Waals surface area contributed by atoms with Crippen molar-refractivity contribution in [2.24, 2.45) is 17.4 Å². The summed E-state index contributed by atoms with van der Waals surface area (Å²) < 4.78 is 29.6. The molecule has 0 saturated heterocycles. The monoisotopic (exact) mass is 344 g/mol. The Bertz CT molecular complexity index is 611. The van der Waals surface area contributed by atoms with E-state index in [1.165, 1.54) is 31.4 Å². The van der Waals surface area contributed by atoms with Crippen LogP contribution in [0.1, 0.15) is 31.2 Å². The van der Waals surface area contributed by atoms with Gasteiger partial charge in [0.1, 0.15) is 6.10 Å². The number of hydrogen-bond donors (Lipinski definition) is 4. The van der Waals surface area contributed by atoms with Gasteiger partial charge in [-0.2, -0.15) is 8.42 Å². The lowest BCUT2D eigenvalue weighted by atomic mass is 9.80. The van der Waals surface area contributed by atoms with Gasteiger partial charge < -0.3 is 16.6 Å². The number of benzene rings is 1. The van der Waals surface area contributed by atoms with Crippen LogP contribution in [0.15, 0.2) is 29.2 Å². The van der Waals surface area contributed by atoms with Crippen molar-refractivity contribution < 1.29 is 22.9 Å². The van der Waals surface area contributed by atoms with E-state index in [9.17, 15) is 13.2 Å². The number of carbonyl (C=O) groups is 1. The highest BCUT2D eigenvalue weighted by Gasteiger charge is 2.26. The molecule has 7 nitrogen and oxygen atoms in total. The SMILES string of the molecule is Cc1ccc(S(=O)(=O)O)cc1.NC(=O)[C@H](O)[C@H](N)CC1CCC1. The lowest BCUT2D eigenvalue weighted by Gasteiger charge is -2.29. The molecular formula is C15H24N2O5S. The van der Waals surface area contributed by atoms with Crippen LogP contribution in [0.3, 0.4) is 0 Å². The fourth-order valence-electron chi connectivity index (χ4n) is 2.16. The molecule has 0 aliphatic heterocycles. The average Bonchev–Trinajstić information content (AvgIpc) is 2.41. The maximum atomic E-state index is 10.5. The first kappa shape index (κ1) is 19.6. The summed E-state index contributed by atoms with van der Waals surface area (Å²) in [5.41, 5.74) is 11.4. The standard InChI is InChI=1S/C8H16N2O2.C7H8O3S/c9-6(7(11)8(10)12)4-5-2-1-3-5;1-6-2-4-7(5-3-6)11(8,9)10/h5-7,11H,1-4,9H2,(H2,10,12);2-5H,1H3,(H,8,9,10)/t6-,7-;/m1./s1. The quantitative estimate of drug-likeness (QED) is 0.576. The zero-order chi connectivity index (χ0) is 17.6. The Morgan fingerprint density at radius 3 is 2.17 bits per heavy atom. The number of aryl methyl sites for hydroxylation is 1. The molecule has 6 N–H and O–H groups in total. The van der Waals surface area contributed by atoms with Crippen LogP contribution in [0.5, 0.6) is 0 Å². The fourth-order valence-corrected chi connectivity index (χ4v) is 2.64. The zero-order valence-electron chi connectivity index (χ0n) is 13.1. The Balaban J connectivity index is 0.000000231. The minimum Gasteiger partial charge on any atom is -0.382 e. The Morgan fingerprint density at radius 1 is 1.30 bits per heavy atom. The third-order valence-corrected chi connectivity index (χ3v) is 4.71. The van der Waals surface area contributed by atoms with Crippen LogP contribution in [-0.4, -0.2) is 36.1 Å². The summed E-state index contributed by atoms with van der Waals surface area (Å²) in [5, 5.41) is 9.16. The van der Waals surface area contributed by atoms with E-state index in [0.29, 0.717) is 12.3 Å². The number of nitrogens with two attached hydrogens (primary N) is 2. The molecule has 8 heteroatoms. The summed E-state index contributed by atoms with van der Waals surface area (Å²) in [6, 6.07) is 5.51. The highest BCUT2D eigenvalue weighted by Crippen LogP contribution is 2.30. The Morgan fingerprint density at radius 2 is 1.83 bits per heavy atom. The third-order valence-electron chi connectivity index (χ3n) is 3.85. The minimum atomic E-state index is -4.02. The molecule has 130 valence electrons. The van der Waals surface area contributed by atoms with E-state index >= 15 is 0 Å². The molecule has 1 aromatic carbocycles. The van der Waals surface area contributed by atoms with E-state index in [-0.39, 0.29) is 4.90 Å². The summed E-state index contributed by atoms with van der Waals surface area (Å²) in [6.07, 6.45) is 3.11. The van der Waals surface area contributed by atoms with Gasteiger partial charge in [0.15, 0.2) is 0 Å². The van der Waals surface area contributed by atoms with Crippen LogP contribution in [0.2, 0.25) is 0 Å². The van der Waals surface area contributed by atoms with Crippen molar-refractivity contribution in [3.8, 4) is 0 Å². The molecule has 1 amide bonds. The van der Waals surface area contributed by atoms with Crippen LogP contribution in [0.4, 0.5) is 0 Å². The number of rotatable bonds is 5. The Kier molecular flexibility index (Phi) is 7.14. The second-order valence-corrected chi connectivity index (χ2v) is 7.25. The van der Waals surface area contributed by atoms with Crippen LogP contribution in [0, 0.1) is 12.8 Å². The molecule has 0 spiro atoms. The molecular weight excluding hydrogens is 320 g/mol. The van der Waals surface area contributed by atoms with Gasteiger partial charge in [0.25, 0.3) is 10.1 Å². The van der Waals surface area contributed by atoms with Gasteiger partial charge in [-0.05, 0) is 31.4 Å². The fraction of sp³-hybridized carbons (Fsp3) is 0.533. The molecule has 0 unspecified atom stereocenters. The summed E-state index contributed by atoms with van der Waals surface area (Å²) in [7, 11) is -4.02. The molecule has 1 aliphatic rings. The second-order valence-electron chi connectivity index (χ2n) is 5.83. The van der Waals surface area contributed by atoms with Gasteiger partial charge >= 0.3 is 0 Å². The predicted octanol–water partition coefficient (Wildman–Crippen LogP) is 0.592. The molecule has 2 rings (SSSR count). The molecule has 1 fully saturated rings. The number of carbonyl (C=O) groups excluding carboxylic acids is 1. The number of aliphatic hydroxyl groups excluding tert-OH is 1. The molecule has 2 atom stereocenters. The highest BCUT2D eigenvalue weighted by molar-refractivity contribution is 7.85. The first-order chi connectivity index (χ1) is 10.6. The van der Waals surface area contributed by atoms with Gasteiger partial charge in [0.05, 0.1) is 4.90 Å². The highest BCUT2D eigenvalue weighted by atomic mass is 32.2. The summed E-state index contributed by atoms with van der Waals surface area (Å²) in [6.45, 7) is 1.84. The summed E-state index contributed by atoms with van der Waals surface area (Å²) >= 11 is 0.